The average molecular weight is 216 g/mol. The summed E-state index contributed by atoms with van der Waals surface area (Å²) >= 11 is 0. The Balaban J connectivity index is 2.53. The smallest absolute Gasteiger partial charge is 0.352 e. The number of hydrogen-bond acceptors (Lipinski definition) is 3. The van der Waals surface area contributed by atoms with Crippen LogP contribution >= 0.6 is 0 Å². The maximum absolute atomic E-state index is 11.6. The first kappa shape index (κ1) is 10.1. The number of pyridine rings is 2. The first-order valence-corrected chi connectivity index (χ1v) is 4.55. The second kappa shape index (κ2) is 3.98. The molecule has 80 valence electrons. The SMILES string of the molecule is O=C(O)c1ccc(-c2ccncc2)c(=O)[nH]1. The molecule has 0 aliphatic rings. The van der Waals surface area contributed by atoms with Crippen LogP contribution in [-0.4, -0.2) is 21.0 Å². The summed E-state index contributed by atoms with van der Waals surface area (Å²) in [5, 5.41) is 8.69. The van der Waals surface area contributed by atoms with E-state index in [4.69, 9.17) is 5.11 Å². The van der Waals surface area contributed by atoms with Gasteiger partial charge in [0.15, 0.2) is 0 Å². The summed E-state index contributed by atoms with van der Waals surface area (Å²) in [6.45, 7) is 0. The summed E-state index contributed by atoms with van der Waals surface area (Å²) < 4.78 is 0. The predicted octanol–water partition coefficient (Wildman–Crippen LogP) is 1.14. The van der Waals surface area contributed by atoms with E-state index in [0.717, 1.165) is 0 Å². The molecule has 0 amide bonds. The second-order valence-corrected chi connectivity index (χ2v) is 3.16. The molecule has 2 heterocycles. The molecule has 5 nitrogen and oxygen atoms in total. The fraction of sp³-hybridized carbons (Fsp3) is 0. The molecule has 0 aromatic carbocycles. The molecule has 2 aromatic heterocycles. The van der Waals surface area contributed by atoms with Crippen LogP contribution in [0.5, 0.6) is 0 Å². The molecule has 16 heavy (non-hydrogen) atoms. The zero-order chi connectivity index (χ0) is 11.5. The van der Waals surface area contributed by atoms with Gasteiger partial charge in [0, 0.05) is 18.0 Å². The standard InChI is InChI=1S/C11H8N2O3/c14-10-8(7-3-5-12-6-4-7)1-2-9(13-10)11(15)16/h1-6H,(H,13,14)(H,15,16). The van der Waals surface area contributed by atoms with E-state index >= 15 is 0 Å². The third kappa shape index (κ3) is 1.83. The largest absolute Gasteiger partial charge is 0.477 e. The summed E-state index contributed by atoms with van der Waals surface area (Å²) in [4.78, 5) is 28.4. The fourth-order valence-corrected chi connectivity index (χ4v) is 1.36. The molecule has 0 aliphatic heterocycles. The van der Waals surface area contributed by atoms with Crippen LogP contribution in [0, 0.1) is 0 Å². The maximum Gasteiger partial charge on any atom is 0.352 e. The molecular weight excluding hydrogens is 208 g/mol. The lowest BCUT2D eigenvalue weighted by atomic mass is 10.1. The van der Waals surface area contributed by atoms with Crippen LogP contribution in [-0.2, 0) is 0 Å². The van der Waals surface area contributed by atoms with Crippen molar-refractivity contribution in [3.8, 4) is 11.1 Å². The topological polar surface area (TPSA) is 83.0 Å². The Bertz CT molecular complexity index is 575. The Labute approximate surface area is 90.4 Å². The highest BCUT2D eigenvalue weighted by Gasteiger charge is 2.07. The number of H-pyrrole nitrogens is 1. The number of aromatic nitrogens is 2. The van der Waals surface area contributed by atoms with Crippen LogP contribution < -0.4 is 5.56 Å². The number of nitrogens with one attached hydrogen (secondary N) is 1. The quantitative estimate of drug-likeness (QED) is 0.788. The lowest BCUT2D eigenvalue weighted by molar-refractivity contribution is 0.0690. The van der Waals surface area contributed by atoms with Crippen molar-refractivity contribution < 1.29 is 9.90 Å². The van der Waals surface area contributed by atoms with Crippen LogP contribution in [0.25, 0.3) is 11.1 Å². The molecule has 0 aliphatic carbocycles. The van der Waals surface area contributed by atoms with E-state index < -0.39 is 11.5 Å². The first-order chi connectivity index (χ1) is 7.68. The average Bonchev–Trinajstić information content (AvgIpc) is 2.30. The summed E-state index contributed by atoms with van der Waals surface area (Å²) in [5.41, 5.74) is 0.578. The first-order valence-electron chi connectivity index (χ1n) is 4.55. The second-order valence-electron chi connectivity index (χ2n) is 3.16. The number of nitrogens with zero attached hydrogens (tertiary/aromatic N) is 1. The highest BCUT2D eigenvalue weighted by atomic mass is 16.4. The lowest BCUT2D eigenvalue weighted by Gasteiger charge is -2.00. The molecule has 0 fully saturated rings. The predicted molar refractivity (Wildman–Crippen MR) is 57.3 cm³/mol. The molecule has 2 N–H and O–H groups in total. The number of carboxylic acid groups (broad SMARTS) is 1. The minimum Gasteiger partial charge on any atom is -0.477 e. The van der Waals surface area contributed by atoms with Gasteiger partial charge < -0.3 is 10.1 Å². The molecular formula is C11H8N2O3. The van der Waals surface area contributed by atoms with Gasteiger partial charge in [0.1, 0.15) is 5.69 Å². The van der Waals surface area contributed by atoms with Crippen molar-refractivity contribution in [1.29, 1.82) is 0 Å². The van der Waals surface area contributed by atoms with Crippen molar-refractivity contribution in [3.63, 3.8) is 0 Å². The molecule has 5 heteroatoms. The third-order valence-electron chi connectivity index (χ3n) is 2.13. The molecule has 0 saturated heterocycles. The summed E-state index contributed by atoms with van der Waals surface area (Å²) in [6, 6.07) is 6.22. The van der Waals surface area contributed by atoms with Crippen molar-refractivity contribution in [2.45, 2.75) is 0 Å². The van der Waals surface area contributed by atoms with Gasteiger partial charge in [-0.1, -0.05) is 0 Å². The maximum atomic E-state index is 11.6. The Morgan fingerprint density at radius 3 is 2.44 bits per heavy atom. The Morgan fingerprint density at radius 2 is 1.88 bits per heavy atom. The number of hydrogen-bond donors (Lipinski definition) is 2. The van der Waals surface area contributed by atoms with E-state index in [2.05, 4.69) is 9.97 Å². The van der Waals surface area contributed by atoms with Gasteiger partial charge in [0.25, 0.3) is 5.56 Å². The van der Waals surface area contributed by atoms with Gasteiger partial charge in [-0.25, -0.2) is 4.79 Å². The summed E-state index contributed by atoms with van der Waals surface area (Å²) in [6.07, 6.45) is 3.14. The number of carbonyl (C=O) groups is 1. The zero-order valence-electron chi connectivity index (χ0n) is 8.18. The Hall–Kier alpha value is -2.43. The van der Waals surface area contributed by atoms with Crippen LogP contribution in [0.2, 0.25) is 0 Å². The highest BCUT2D eigenvalue weighted by Crippen LogP contribution is 2.12. The summed E-state index contributed by atoms with van der Waals surface area (Å²) in [5.74, 6) is -1.15. The van der Waals surface area contributed by atoms with Crippen LogP contribution in [0.1, 0.15) is 10.5 Å². The van der Waals surface area contributed by atoms with E-state index in [1.807, 2.05) is 0 Å². The van der Waals surface area contributed by atoms with Gasteiger partial charge in [-0.15, -0.1) is 0 Å². The lowest BCUT2D eigenvalue weighted by Crippen LogP contribution is -2.14. The molecule has 2 aromatic rings. The van der Waals surface area contributed by atoms with E-state index in [0.29, 0.717) is 11.1 Å². The Kier molecular flexibility index (Phi) is 2.51. The van der Waals surface area contributed by atoms with Gasteiger partial charge in [-0.2, -0.15) is 0 Å². The third-order valence-corrected chi connectivity index (χ3v) is 2.13. The van der Waals surface area contributed by atoms with E-state index in [-0.39, 0.29) is 5.69 Å². The van der Waals surface area contributed by atoms with Crippen LogP contribution in [0.3, 0.4) is 0 Å². The van der Waals surface area contributed by atoms with E-state index in [1.54, 1.807) is 24.5 Å². The zero-order valence-corrected chi connectivity index (χ0v) is 8.18. The Morgan fingerprint density at radius 1 is 1.19 bits per heavy atom. The van der Waals surface area contributed by atoms with Crippen molar-refractivity contribution >= 4 is 5.97 Å². The number of carboxylic acids is 1. The minimum absolute atomic E-state index is 0.122. The van der Waals surface area contributed by atoms with Crippen molar-refractivity contribution in [2.75, 3.05) is 0 Å². The number of rotatable bonds is 2. The fourth-order valence-electron chi connectivity index (χ4n) is 1.36. The minimum atomic E-state index is -1.15. The summed E-state index contributed by atoms with van der Waals surface area (Å²) in [7, 11) is 0. The highest BCUT2D eigenvalue weighted by molar-refractivity contribution is 5.85. The monoisotopic (exact) mass is 216 g/mol. The van der Waals surface area contributed by atoms with Crippen LogP contribution in [0.4, 0.5) is 0 Å². The molecule has 0 radical (unpaired) electrons. The molecule has 2 rings (SSSR count). The number of aromatic amines is 1. The van der Waals surface area contributed by atoms with Gasteiger partial charge in [0.2, 0.25) is 0 Å². The molecule has 0 atom stereocenters. The van der Waals surface area contributed by atoms with E-state index in [9.17, 15) is 9.59 Å². The van der Waals surface area contributed by atoms with Gasteiger partial charge >= 0.3 is 5.97 Å². The van der Waals surface area contributed by atoms with E-state index in [1.165, 1.54) is 12.1 Å². The van der Waals surface area contributed by atoms with Gasteiger partial charge in [0.05, 0.1) is 0 Å². The molecule has 0 bridgehead atoms. The van der Waals surface area contributed by atoms with Gasteiger partial charge in [-0.05, 0) is 29.8 Å². The normalized spacial score (nSPS) is 10.0. The van der Waals surface area contributed by atoms with Crippen LogP contribution in [0.15, 0.2) is 41.5 Å². The molecule has 0 saturated carbocycles. The van der Waals surface area contributed by atoms with Crippen molar-refractivity contribution in [2.24, 2.45) is 0 Å². The van der Waals surface area contributed by atoms with Crippen molar-refractivity contribution in [3.05, 3.63) is 52.7 Å². The van der Waals surface area contributed by atoms with Crippen molar-refractivity contribution in [1.82, 2.24) is 9.97 Å². The number of aromatic carboxylic acids is 1. The van der Waals surface area contributed by atoms with Gasteiger partial charge in [-0.3, -0.25) is 9.78 Å². The molecule has 0 spiro atoms. The molecule has 0 unspecified atom stereocenters.